The number of aryl methyl sites for hydroxylation is 2. The van der Waals surface area contributed by atoms with Gasteiger partial charge in [-0.2, -0.15) is 0 Å². The highest BCUT2D eigenvalue weighted by atomic mass is 14.6. The minimum Gasteiger partial charge on any atom is -0.324 e. The summed E-state index contributed by atoms with van der Waals surface area (Å²) in [7, 11) is 0. The molecule has 0 fully saturated rings. The van der Waals surface area contributed by atoms with E-state index in [-0.39, 0.29) is 6.04 Å². The molecule has 1 atom stereocenters. The molecule has 0 saturated carbocycles. The molecule has 1 aromatic heterocycles. The van der Waals surface area contributed by atoms with Crippen molar-refractivity contribution < 1.29 is 0 Å². The molecule has 2 nitrogen and oxygen atoms in total. The maximum Gasteiger partial charge on any atom is 0.0299 e. The number of aromatic nitrogens is 1. The van der Waals surface area contributed by atoms with E-state index >= 15 is 0 Å². The molecule has 0 amide bonds. The highest BCUT2D eigenvalue weighted by Gasteiger charge is 2.06. The Morgan fingerprint density at radius 3 is 2.72 bits per heavy atom. The average Bonchev–Trinajstić information content (AvgIpc) is 2.46. The number of hydrogen-bond donors (Lipinski definition) is 1. The molecule has 18 heavy (non-hydrogen) atoms. The molecular formula is C16H20N2. The number of nitrogens with two attached hydrogens (primary N) is 1. The topological polar surface area (TPSA) is 38.9 Å². The first kappa shape index (κ1) is 12.8. The summed E-state index contributed by atoms with van der Waals surface area (Å²) < 4.78 is 0. The molecule has 0 aliphatic carbocycles. The van der Waals surface area contributed by atoms with Crippen LogP contribution in [0.4, 0.5) is 0 Å². The zero-order chi connectivity index (χ0) is 12.8. The lowest BCUT2D eigenvalue weighted by Gasteiger charge is -2.13. The predicted molar refractivity (Wildman–Crippen MR) is 75.3 cm³/mol. The van der Waals surface area contributed by atoms with Gasteiger partial charge >= 0.3 is 0 Å². The first-order chi connectivity index (χ1) is 8.79. The van der Waals surface area contributed by atoms with E-state index in [1.165, 1.54) is 16.7 Å². The summed E-state index contributed by atoms with van der Waals surface area (Å²) in [5.74, 6) is 0. The molecule has 2 aromatic rings. The van der Waals surface area contributed by atoms with Crippen LogP contribution < -0.4 is 5.73 Å². The Bertz CT molecular complexity index is 479. The van der Waals surface area contributed by atoms with E-state index in [2.05, 4.69) is 42.2 Å². The molecule has 0 spiro atoms. The monoisotopic (exact) mass is 240 g/mol. The van der Waals surface area contributed by atoms with Crippen molar-refractivity contribution in [3.05, 3.63) is 65.5 Å². The van der Waals surface area contributed by atoms with E-state index in [0.717, 1.165) is 19.3 Å². The lowest BCUT2D eigenvalue weighted by atomic mass is 9.98. The molecule has 2 heteroatoms. The van der Waals surface area contributed by atoms with Gasteiger partial charge in [0.1, 0.15) is 0 Å². The summed E-state index contributed by atoms with van der Waals surface area (Å²) in [6.07, 6.45) is 6.71. The number of pyridine rings is 1. The second-order valence-corrected chi connectivity index (χ2v) is 4.61. The third-order valence-corrected chi connectivity index (χ3v) is 3.25. The predicted octanol–water partition coefficient (Wildman–Crippen LogP) is 3.28. The van der Waals surface area contributed by atoms with Crippen LogP contribution in [0, 0.1) is 0 Å². The first-order valence-electron chi connectivity index (χ1n) is 6.53. The summed E-state index contributed by atoms with van der Waals surface area (Å²) in [4.78, 5) is 4.12. The van der Waals surface area contributed by atoms with Crippen molar-refractivity contribution in [2.45, 2.75) is 32.2 Å². The van der Waals surface area contributed by atoms with Crippen LogP contribution >= 0.6 is 0 Å². The molecule has 94 valence electrons. The van der Waals surface area contributed by atoms with Gasteiger partial charge < -0.3 is 5.73 Å². The quantitative estimate of drug-likeness (QED) is 0.871. The molecular weight excluding hydrogens is 220 g/mol. The summed E-state index contributed by atoms with van der Waals surface area (Å²) >= 11 is 0. The molecule has 1 heterocycles. The second kappa shape index (κ2) is 6.31. The van der Waals surface area contributed by atoms with Gasteiger partial charge in [-0.15, -0.1) is 0 Å². The Hall–Kier alpha value is -1.67. The maximum atomic E-state index is 6.25. The van der Waals surface area contributed by atoms with Crippen molar-refractivity contribution in [1.82, 2.24) is 4.98 Å². The van der Waals surface area contributed by atoms with E-state index in [9.17, 15) is 0 Å². The van der Waals surface area contributed by atoms with Crippen LogP contribution in [-0.4, -0.2) is 4.98 Å². The van der Waals surface area contributed by atoms with Gasteiger partial charge in [0, 0.05) is 18.4 Å². The summed E-state index contributed by atoms with van der Waals surface area (Å²) in [5, 5.41) is 0. The molecule has 0 saturated heterocycles. The smallest absolute Gasteiger partial charge is 0.0299 e. The maximum absolute atomic E-state index is 6.25. The van der Waals surface area contributed by atoms with Crippen molar-refractivity contribution in [2.75, 3.05) is 0 Å². The third-order valence-electron chi connectivity index (χ3n) is 3.25. The van der Waals surface area contributed by atoms with Crippen LogP contribution in [0.25, 0.3) is 0 Å². The SMILES string of the molecule is CCc1cccc(C(N)CCc2cccnc2)c1. The molecule has 2 N–H and O–H groups in total. The van der Waals surface area contributed by atoms with Gasteiger partial charge in [-0.05, 0) is 42.0 Å². The molecule has 1 aromatic carbocycles. The Kier molecular flexibility index (Phi) is 4.48. The largest absolute Gasteiger partial charge is 0.324 e. The summed E-state index contributed by atoms with van der Waals surface area (Å²) in [6, 6.07) is 12.8. The fraction of sp³-hybridized carbons (Fsp3) is 0.312. The molecule has 0 aliphatic rings. The molecule has 0 bridgehead atoms. The Labute approximate surface area is 109 Å². The Morgan fingerprint density at radius 1 is 1.17 bits per heavy atom. The second-order valence-electron chi connectivity index (χ2n) is 4.61. The number of hydrogen-bond acceptors (Lipinski definition) is 2. The Balaban J connectivity index is 1.97. The van der Waals surface area contributed by atoms with Gasteiger partial charge in [0.15, 0.2) is 0 Å². The van der Waals surface area contributed by atoms with Gasteiger partial charge in [0.25, 0.3) is 0 Å². The molecule has 0 radical (unpaired) electrons. The fourth-order valence-electron chi connectivity index (χ4n) is 2.08. The van der Waals surface area contributed by atoms with Gasteiger partial charge in [-0.3, -0.25) is 4.98 Å². The van der Waals surface area contributed by atoms with Crippen LogP contribution in [0.2, 0.25) is 0 Å². The fourth-order valence-corrected chi connectivity index (χ4v) is 2.08. The molecule has 2 rings (SSSR count). The van der Waals surface area contributed by atoms with Gasteiger partial charge in [0.05, 0.1) is 0 Å². The lowest BCUT2D eigenvalue weighted by Crippen LogP contribution is -2.11. The highest BCUT2D eigenvalue weighted by molar-refractivity contribution is 5.26. The zero-order valence-electron chi connectivity index (χ0n) is 10.8. The minimum absolute atomic E-state index is 0.108. The van der Waals surface area contributed by atoms with E-state index in [0.29, 0.717) is 0 Å². The summed E-state index contributed by atoms with van der Waals surface area (Å²) in [5.41, 5.74) is 10.1. The van der Waals surface area contributed by atoms with Crippen molar-refractivity contribution in [3.8, 4) is 0 Å². The molecule has 1 unspecified atom stereocenters. The number of nitrogens with zero attached hydrogens (tertiary/aromatic N) is 1. The van der Waals surface area contributed by atoms with Gasteiger partial charge in [-0.1, -0.05) is 37.3 Å². The average molecular weight is 240 g/mol. The van der Waals surface area contributed by atoms with Crippen molar-refractivity contribution in [1.29, 1.82) is 0 Å². The zero-order valence-corrected chi connectivity index (χ0v) is 10.8. The van der Waals surface area contributed by atoms with Crippen LogP contribution in [0.3, 0.4) is 0 Å². The normalized spacial score (nSPS) is 12.3. The van der Waals surface area contributed by atoms with Crippen LogP contribution in [-0.2, 0) is 12.8 Å². The van der Waals surface area contributed by atoms with Crippen LogP contribution in [0.15, 0.2) is 48.8 Å². The first-order valence-corrected chi connectivity index (χ1v) is 6.53. The number of benzene rings is 1. The van der Waals surface area contributed by atoms with Gasteiger partial charge in [0.2, 0.25) is 0 Å². The van der Waals surface area contributed by atoms with Crippen molar-refractivity contribution in [3.63, 3.8) is 0 Å². The van der Waals surface area contributed by atoms with Gasteiger partial charge in [-0.25, -0.2) is 0 Å². The number of rotatable bonds is 5. The highest BCUT2D eigenvalue weighted by Crippen LogP contribution is 2.18. The lowest BCUT2D eigenvalue weighted by molar-refractivity contribution is 0.649. The van der Waals surface area contributed by atoms with Crippen LogP contribution in [0.5, 0.6) is 0 Å². The minimum atomic E-state index is 0.108. The van der Waals surface area contributed by atoms with E-state index in [1.54, 1.807) is 6.20 Å². The van der Waals surface area contributed by atoms with E-state index in [1.807, 2.05) is 12.3 Å². The van der Waals surface area contributed by atoms with Crippen LogP contribution in [0.1, 0.15) is 36.1 Å². The van der Waals surface area contributed by atoms with Crippen molar-refractivity contribution in [2.24, 2.45) is 5.73 Å². The van der Waals surface area contributed by atoms with E-state index < -0.39 is 0 Å². The van der Waals surface area contributed by atoms with Crippen molar-refractivity contribution >= 4 is 0 Å². The Morgan fingerprint density at radius 2 is 2.00 bits per heavy atom. The molecule has 0 aliphatic heterocycles. The standard InChI is InChI=1S/C16H20N2/c1-2-13-5-3-7-15(11-13)16(17)9-8-14-6-4-10-18-12-14/h3-7,10-12,16H,2,8-9,17H2,1H3. The third kappa shape index (κ3) is 3.41. The summed E-state index contributed by atoms with van der Waals surface area (Å²) in [6.45, 7) is 2.17. The van der Waals surface area contributed by atoms with E-state index in [4.69, 9.17) is 5.73 Å².